The zero-order valence-corrected chi connectivity index (χ0v) is 16.8. The number of non-ortho nitro benzene ring substituents is 1. The number of carbonyl (C=O) groups is 1. The Bertz CT molecular complexity index is 1250. The molecule has 0 atom stereocenters. The molecule has 0 fully saturated rings. The molecular formula is C20H13ClN4O4S. The average molecular weight is 441 g/mol. The molecule has 0 aliphatic rings. The highest BCUT2D eigenvalue weighted by molar-refractivity contribution is 8.00. The van der Waals surface area contributed by atoms with Crippen LogP contribution in [-0.2, 0) is 4.79 Å². The Morgan fingerprint density at radius 3 is 2.73 bits per heavy atom. The molecule has 0 bridgehead atoms. The average Bonchev–Trinajstić information content (AvgIpc) is 3.28. The van der Waals surface area contributed by atoms with Crippen molar-refractivity contribution in [1.29, 1.82) is 0 Å². The van der Waals surface area contributed by atoms with E-state index < -0.39 is 4.92 Å². The highest BCUT2D eigenvalue weighted by atomic mass is 35.5. The van der Waals surface area contributed by atoms with Crippen LogP contribution >= 0.6 is 23.4 Å². The number of aromatic nitrogens is 2. The molecule has 0 spiro atoms. The van der Waals surface area contributed by atoms with Gasteiger partial charge in [-0.2, -0.15) is 0 Å². The first-order valence-corrected chi connectivity index (χ1v) is 10.0. The molecule has 4 aromatic rings. The molecule has 2 heterocycles. The Balaban J connectivity index is 1.53. The third-order valence-electron chi connectivity index (χ3n) is 4.09. The monoisotopic (exact) mass is 440 g/mol. The molecule has 30 heavy (non-hydrogen) atoms. The van der Waals surface area contributed by atoms with Crippen molar-refractivity contribution < 1.29 is 14.1 Å². The van der Waals surface area contributed by atoms with E-state index >= 15 is 0 Å². The number of para-hydroxylation sites is 1. The molecule has 2 aromatic carbocycles. The van der Waals surface area contributed by atoms with E-state index in [0.717, 1.165) is 10.9 Å². The fourth-order valence-corrected chi connectivity index (χ4v) is 3.75. The quantitative estimate of drug-likeness (QED) is 0.190. The number of rotatable bonds is 6. The summed E-state index contributed by atoms with van der Waals surface area (Å²) in [6.45, 7) is 0. The molecule has 8 nitrogen and oxygen atoms in total. The van der Waals surface area contributed by atoms with Gasteiger partial charge in [-0.3, -0.25) is 14.9 Å². The highest BCUT2D eigenvalue weighted by Gasteiger charge is 2.15. The second-order valence-electron chi connectivity index (χ2n) is 6.10. The zero-order chi connectivity index (χ0) is 21.1. The maximum absolute atomic E-state index is 12.4. The molecule has 0 saturated carbocycles. The van der Waals surface area contributed by atoms with Crippen LogP contribution in [0.25, 0.3) is 22.5 Å². The summed E-state index contributed by atoms with van der Waals surface area (Å²) >= 11 is 7.28. The first-order chi connectivity index (χ1) is 14.5. The molecule has 0 saturated heterocycles. The number of halogens is 1. The van der Waals surface area contributed by atoms with Crippen LogP contribution in [-0.4, -0.2) is 26.6 Å². The number of furan rings is 1. The SMILES string of the molecule is O=C(CSc1nc(-c2ccco2)nc2ccccc12)Nc1ccc([N+](=O)[O-])cc1Cl. The Labute approximate surface area is 179 Å². The number of anilines is 1. The van der Waals surface area contributed by atoms with Crippen molar-refractivity contribution >= 4 is 51.5 Å². The number of amides is 1. The van der Waals surface area contributed by atoms with Gasteiger partial charge in [0.25, 0.3) is 5.69 Å². The Morgan fingerprint density at radius 1 is 1.17 bits per heavy atom. The topological polar surface area (TPSA) is 111 Å². The van der Waals surface area contributed by atoms with Gasteiger partial charge in [0.1, 0.15) is 5.03 Å². The lowest BCUT2D eigenvalue weighted by molar-refractivity contribution is -0.384. The van der Waals surface area contributed by atoms with Gasteiger partial charge in [0.2, 0.25) is 5.91 Å². The van der Waals surface area contributed by atoms with Gasteiger partial charge in [-0.05, 0) is 24.3 Å². The zero-order valence-electron chi connectivity index (χ0n) is 15.2. The molecule has 2 aromatic heterocycles. The number of fused-ring (bicyclic) bond motifs is 1. The number of nitro benzene ring substituents is 1. The van der Waals surface area contributed by atoms with E-state index in [1.165, 1.54) is 30.0 Å². The molecule has 0 unspecified atom stereocenters. The predicted octanol–water partition coefficient (Wildman–Crippen LogP) is 5.18. The first-order valence-electron chi connectivity index (χ1n) is 8.68. The summed E-state index contributed by atoms with van der Waals surface area (Å²) in [5.41, 5.74) is 0.891. The fraction of sp³-hybridized carbons (Fsp3) is 0.0500. The molecule has 0 radical (unpaired) electrons. The van der Waals surface area contributed by atoms with E-state index in [1.54, 1.807) is 18.4 Å². The van der Waals surface area contributed by atoms with Crippen LogP contribution in [0.15, 0.2) is 70.3 Å². The smallest absolute Gasteiger partial charge is 0.271 e. The summed E-state index contributed by atoms with van der Waals surface area (Å²) < 4.78 is 5.39. The summed E-state index contributed by atoms with van der Waals surface area (Å²) in [4.78, 5) is 31.7. The van der Waals surface area contributed by atoms with Gasteiger partial charge in [0.05, 0.1) is 33.2 Å². The van der Waals surface area contributed by atoms with Crippen molar-refractivity contribution in [2.24, 2.45) is 0 Å². The van der Waals surface area contributed by atoms with E-state index in [2.05, 4.69) is 15.3 Å². The second-order valence-corrected chi connectivity index (χ2v) is 7.48. The van der Waals surface area contributed by atoms with Crippen LogP contribution in [0.1, 0.15) is 0 Å². The fourth-order valence-electron chi connectivity index (χ4n) is 2.71. The van der Waals surface area contributed by atoms with Crippen LogP contribution in [0, 0.1) is 10.1 Å². The number of benzene rings is 2. The van der Waals surface area contributed by atoms with Gasteiger partial charge < -0.3 is 9.73 Å². The number of nitrogens with one attached hydrogen (secondary N) is 1. The van der Waals surface area contributed by atoms with Gasteiger partial charge in [-0.15, -0.1) is 0 Å². The largest absolute Gasteiger partial charge is 0.461 e. The molecule has 10 heteroatoms. The number of thioether (sulfide) groups is 1. The van der Waals surface area contributed by atoms with Gasteiger partial charge in [-0.25, -0.2) is 9.97 Å². The lowest BCUT2D eigenvalue weighted by Gasteiger charge is -2.09. The van der Waals surface area contributed by atoms with E-state index in [4.69, 9.17) is 16.0 Å². The summed E-state index contributed by atoms with van der Waals surface area (Å²) in [6, 6.07) is 14.9. The third-order valence-corrected chi connectivity index (χ3v) is 5.39. The molecule has 0 aliphatic carbocycles. The van der Waals surface area contributed by atoms with Crippen LogP contribution in [0.5, 0.6) is 0 Å². The van der Waals surface area contributed by atoms with Crippen LogP contribution in [0.2, 0.25) is 5.02 Å². The van der Waals surface area contributed by atoms with Crippen molar-refractivity contribution in [3.63, 3.8) is 0 Å². The van der Waals surface area contributed by atoms with Gasteiger partial charge in [-0.1, -0.05) is 41.6 Å². The van der Waals surface area contributed by atoms with Crippen molar-refractivity contribution in [3.05, 3.63) is 76.0 Å². The number of carbonyl (C=O) groups excluding carboxylic acids is 1. The maximum Gasteiger partial charge on any atom is 0.271 e. The molecule has 0 aliphatic heterocycles. The lowest BCUT2D eigenvalue weighted by atomic mass is 10.2. The van der Waals surface area contributed by atoms with Crippen LogP contribution in [0.3, 0.4) is 0 Å². The molecule has 1 N–H and O–H groups in total. The van der Waals surface area contributed by atoms with Crippen molar-refractivity contribution in [2.75, 3.05) is 11.1 Å². The summed E-state index contributed by atoms with van der Waals surface area (Å²) in [5, 5.41) is 15.0. The highest BCUT2D eigenvalue weighted by Crippen LogP contribution is 2.30. The van der Waals surface area contributed by atoms with Gasteiger partial charge in [0.15, 0.2) is 11.6 Å². The minimum atomic E-state index is -0.551. The maximum atomic E-state index is 12.4. The van der Waals surface area contributed by atoms with Gasteiger partial charge in [0, 0.05) is 17.5 Å². The molecule has 4 rings (SSSR count). The molecular weight excluding hydrogens is 428 g/mol. The van der Waals surface area contributed by atoms with Gasteiger partial charge >= 0.3 is 0 Å². The Kier molecular flexibility index (Phi) is 5.64. The van der Waals surface area contributed by atoms with E-state index in [9.17, 15) is 14.9 Å². The van der Waals surface area contributed by atoms with Crippen molar-refractivity contribution in [3.8, 4) is 11.6 Å². The number of hydrogen-bond donors (Lipinski definition) is 1. The normalized spacial score (nSPS) is 10.8. The van der Waals surface area contributed by atoms with E-state index in [-0.39, 0.29) is 22.4 Å². The number of nitro groups is 1. The second kappa shape index (κ2) is 8.52. The third kappa shape index (κ3) is 4.27. The standard InChI is InChI=1S/C20H13ClN4O4S/c21-14-10-12(25(27)28)7-8-16(14)22-18(26)11-30-20-13-4-1-2-5-15(13)23-19(24-20)17-6-3-9-29-17/h1-10H,11H2,(H,22,26). The number of hydrogen-bond acceptors (Lipinski definition) is 7. The predicted molar refractivity (Wildman–Crippen MR) is 115 cm³/mol. The summed E-state index contributed by atoms with van der Waals surface area (Å²) in [6.07, 6.45) is 1.54. The van der Waals surface area contributed by atoms with Crippen LogP contribution in [0.4, 0.5) is 11.4 Å². The lowest BCUT2D eigenvalue weighted by Crippen LogP contribution is -2.14. The van der Waals surface area contributed by atoms with E-state index in [0.29, 0.717) is 22.3 Å². The van der Waals surface area contributed by atoms with Crippen LogP contribution < -0.4 is 5.32 Å². The van der Waals surface area contributed by atoms with Crippen molar-refractivity contribution in [1.82, 2.24) is 9.97 Å². The first kappa shape index (κ1) is 19.9. The summed E-state index contributed by atoms with van der Waals surface area (Å²) in [5.74, 6) is 0.703. The Hall–Kier alpha value is -3.43. The number of nitrogens with zero attached hydrogens (tertiary/aromatic N) is 3. The Morgan fingerprint density at radius 2 is 2.00 bits per heavy atom. The molecule has 150 valence electrons. The minimum absolute atomic E-state index is 0.0614. The van der Waals surface area contributed by atoms with E-state index in [1.807, 2.05) is 24.3 Å². The molecule has 1 amide bonds. The van der Waals surface area contributed by atoms with Crippen molar-refractivity contribution in [2.45, 2.75) is 5.03 Å². The minimum Gasteiger partial charge on any atom is -0.461 e. The summed E-state index contributed by atoms with van der Waals surface area (Å²) in [7, 11) is 0.